The van der Waals surface area contributed by atoms with Crippen LogP contribution in [0.1, 0.15) is 10.4 Å². The molecule has 0 atom stereocenters. The van der Waals surface area contributed by atoms with Gasteiger partial charge in [-0.1, -0.05) is 24.3 Å². The lowest BCUT2D eigenvalue weighted by Crippen LogP contribution is -2.33. The minimum Gasteiger partial charge on any atom is -0.395 e. The Morgan fingerprint density at radius 1 is 1.37 bits per heavy atom. The van der Waals surface area contributed by atoms with Crippen molar-refractivity contribution < 1.29 is 9.90 Å². The zero-order chi connectivity index (χ0) is 13.7. The van der Waals surface area contributed by atoms with Crippen LogP contribution in [0, 0.1) is 0 Å². The van der Waals surface area contributed by atoms with Crippen LogP contribution in [-0.2, 0) is 0 Å². The molecule has 0 aliphatic carbocycles. The van der Waals surface area contributed by atoms with Crippen LogP contribution in [0.15, 0.2) is 49.2 Å². The quantitative estimate of drug-likeness (QED) is 0.831. The minimum atomic E-state index is -0.118. The molecule has 2 rings (SSSR count). The van der Waals surface area contributed by atoms with Gasteiger partial charge in [0.2, 0.25) is 0 Å². The summed E-state index contributed by atoms with van der Waals surface area (Å²) in [5, 5.41) is 9.85. The summed E-state index contributed by atoms with van der Waals surface area (Å²) in [4.78, 5) is 18.3. The molecule has 0 aliphatic rings. The van der Waals surface area contributed by atoms with Gasteiger partial charge in [-0.25, -0.2) is 0 Å². The van der Waals surface area contributed by atoms with E-state index in [1.807, 2.05) is 24.3 Å². The lowest BCUT2D eigenvalue weighted by atomic mass is 10.1. The fourth-order valence-corrected chi connectivity index (χ4v) is 2.00. The molecule has 0 bridgehead atoms. The highest BCUT2D eigenvalue weighted by molar-refractivity contribution is 6.06. The molecule has 1 amide bonds. The van der Waals surface area contributed by atoms with E-state index >= 15 is 0 Å². The number of carbonyl (C=O) groups excluding carboxylic acids is 1. The molecule has 0 saturated heterocycles. The fourth-order valence-electron chi connectivity index (χ4n) is 2.00. The average molecular weight is 256 g/mol. The number of fused-ring (bicyclic) bond motifs is 1. The Labute approximate surface area is 112 Å². The van der Waals surface area contributed by atoms with Crippen LogP contribution in [0.4, 0.5) is 0 Å². The van der Waals surface area contributed by atoms with E-state index in [2.05, 4.69) is 11.6 Å². The van der Waals surface area contributed by atoms with E-state index in [-0.39, 0.29) is 12.5 Å². The molecule has 0 radical (unpaired) electrons. The highest BCUT2D eigenvalue weighted by Crippen LogP contribution is 2.17. The molecular weight excluding hydrogens is 240 g/mol. The van der Waals surface area contributed by atoms with Gasteiger partial charge in [-0.15, -0.1) is 6.58 Å². The maximum absolute atomic E-state index is 12.5. The van der Waals surface area contributed by atoms with Crippen molar-refractivity contribution in [3.63, 3.8) is 0 Å². The predicted molar refractivity (Wildman–Crippen MR) is 74.9 cm³/mol. The Kier molecular flexibility index (Phi) is 4.26. The van der Waals surface area contributed by atoms with E-state index in [0.29, 0.717) is 18.7 Å². The Hall–Kier alpha value is -2.20. The van der Waals surface area contributed by atoms with E-state index in [4.69, 9.17) is 5.11 Å². The lowest BCUT2D eigenvalue weighted by molar-refractivity contribution is 0.0745. The zero-order valence-electron chi connectivity index (χ0n) is 10.6. The summed E-state index contributed by atoms with van der Waals surface area (Å²) in [7, 11) is 0. The monoisotopic (exact) mass is 256 g/mol. The van der Waals surface area contributed by atoms with E-state index in [9.17, 15) is 4.79 Å². The molecule has 4 heteroatoms. The number of benzene rings is 1. The van der Waals surface area contributed by atoms with Crippen LogP contribution in [0.25, 0.3) is 10.9 Å². The number of aliphatic hydroxyl groups is 1. The number of aromatic nitrogens is 1. The van der Waals surface area contributed by atoms with Gasteiger partial charge in [0, 0.05) is 24.7 Å². The summed E-state index contributed by atoms with van der Waals surface area (Å²) >= 11 is 0. The molecule has 2 aromatic rings. The van der Waals surface area contributed by atoms with Crippen molar-refractivity contribution in [2.75, 3.05) is 19.7 Å². The standard InChI is InChI=1S/C15H16N2O2/c1-2-9-17(10-11-18)15(19)13-7-8-16-14-6-4-3-5-12(13)14/h2-8,18H,1,9-11H2. The van der Waals surface area contributed by atoms with Gasteiger partial charge in [-0.05, 0) is 12.1 Å². The van der Waals surface area contributed by atoms with Crippen LogP contribution in [0.2, 0.25) is 0 Å². The smallest absolute Gasteiger partial charge is 0.254 e. The number of aliphatic hydroxyl groups excluding tert-OH is 1. The highest BCUT2D eigenvalue weighted by Gasteiger charge is 2.16. The molecule has 1 heterocycles. The van der Waals surface area contributed by atoms with E-state index in [0.717, 1.165) is 10.9 Å². The van der Waals surface area contributed by atoms with Crippen LogP contribution < -0.4 is 0 Å². The van der Waals surface area contributed by atoms with Gasteiger partial charge in [0.05, 0.1) is 17.7 Å². The fraction of sp³-hybridized carbons (Fsp3) is 0.200. The summed E-state index contributed by atoms with van der Waals surface area (Å²) in [5.41, 5.74) is 1.39. The summed E-state index contributed by atoms with van der Waals surface area (Å²) in [6, 6.07) is 9.22. The molecule has 0 saturated carbocycles. The normalized spacial score (nSPS) is 10.4. The molecule has 1 N–H and O–H groups in total. The van der Waals surface area contributed by atoms with Crippen molar-refractivity contribution in [2.24, 2.45) is 0 Å². The Bertz CT molecular complexity index is 590. The largest absolute Gasteiger partial charge is 0.395 e. The maximum atomic E-state index is 12.5. The van der Waals surface area contributed by atoms with E-state index < -0.39 is 0 Å². The van der Waals surface area contributed by atoms with Crippen molar-refractivity contribution in [2.45, 2.75) is 0 Å². The van der Waals surface area contributed by atoms with Gasteiger partial charge in [-0.3, -0.25) is 9.78 Å². The van der Waals surface area contributed by atoms with Crippen LogP contribution >= 0.6 is 0 Å². The Balaban J connectivity index is 2.42. The molecule has 0 fully saturated rings. The molecule has 19 heavy (non-hydrogen) atoms. The average Bonchev–Trinajstić information content (AvgIpc) is 2.46. The first kappa shape index (κ1) is 13.2. The number of para-hydroxylation sites is 1. The van der Waals surface area contributed by atoms with Crippen molar-refractivity contribution in [1.82, 2.24) is 9.88 Å². The zero-order valence-corrected chi connectivity index (χ0v) is 10.6. The minimum absolute atomic E-state index is 0.0669. The molecule has 4 nitrogen and oxygen atoms in total. The van der Waals surface area contributed by atoms with Gasteiger partial charge >= 0.3 is 0 Å². The number of nitrogens with zero attached hydrogens (tertiary/aromatic N) is 2. The van der Waals surface area contributed by atoms with Gasteiger partial charge < -0.3 is 10.0 Å². The molecular formula is C15H16N2O2. The first-order chi connectivity index (χ1) is 9.27. The molecule has 0 unspecified atom stereocenters. The summed E-state index contributed by atoms with van der Waals surface area (Å²) in [6.45, 7) is 4.27. The number of amides is 1. The van der Waals surface area contributed by atoms with Gasteiger partial charge in [0.25, 0.3) is 5.91 Å². The first-order valence-corrected chi connectivity index (χ1v) is 6.12. The second-order valence-corrected chi connectivity index (χ2v) is 4.14. The maximum Gasteiger partial charge on any atom is 0.254 e. The SMILES string of the molecule is C=CCN(CCO)C(=O)c1ccnc2ccccc12. The number of hydrogen-bond donors (Lipinski definition) is 1. The molecule has 1 aromatic carbocycles. The molecule has 0 aliphatic heterocycles. The van der Waals surface area contributed by atoms with Crippen molar-refractivity contribution in [1.29, 1.82) is 0 Å². The highest BCUT2D eigenvalue weighted by atomic mass is 16.3. The number of rotatable bonds is 5. The second-order valence-electron chi connectivity index (χ2n) is 4.14. The summed E-state index contributed by atoms with van der Waals surface area (Å²) in [6.07, 6.45) is 3.28. The summed E-state index contributed by atoms with van der Waals surface area (Å²) < 4.78 is 0. The molecule has 0 spiro atoms. The topological polar surface area (TPSA) is 53.4 Å². The number of carbonyl (C=O) groups is 1. The summed E-state index contributed by atoms with van der Waals surface area (Å²) in [5.74, 6) is -0.118. The lowest BCUT2D eigenvalue weighted by Gasteiger charge is -2.20. The Morgan fingerprint density at radius 3 is 2.89 bits per heavy atom. The van der Waals surface area contributed by atoms with Crippen molar-refractivity contribution in [3.8, 4) is 0 Å². The third kappa shape index (κ3) is 2.80. The number of pyridine rings is 1. The van der Waals surface area contributed by atoms with Crippen LogP contribution in [0.5, 0.6) is 0 Å². The van der Waals surface area contributed by atoms with Crippen molar-refractivity contribution in [3.05, 3.63) is 54.7 Å². The van der Waals surface area contributed by atoms with Crippen molar-refractivity contribution >= 4 is 16.8 Å². The second kappa shape index (κ2) is 6.11. The van der Waals surface area contributed by atoms with Crippen LogP contribution in [-0.4, -0.2) is 40.6 Å². The van der Waals surface area contributed by atoms with Crippen LogP contribution in [0.3, 0.4) is 0 Å². The molecule has 1 aromatic heterocycles. The third-order valence-corrected chi connectivity index (χ3v) is 2.89. The predicted octanol–water partition coefficient (Wildman–Crippen LogP) is 1.86. The number of hydrogen-bond acceptors (Lipinski definition) is 3. The third-order valence-electron chi connectivity index (χ3n) is 2.89. The van der Waals surface area contributed by atoms with E-state index in [1.54, 1.807) is 23.2 Å². The Morgan fingerprint density at radius 2 is 2.16 bits per heavy atom. The van der Waals surface area contributed by atoms with Gasteiger partial charge in [-0.2, -0.15) is 0 Å². The molecule has 98 valence electrons. The van der Waals surface area contributed by atoms with Gasteiger partial charge in [0.1, 0.15) is 0 Å². The van der Waals surface area contributed by atoms with E-state index in [1.165, 1.54) is 0 Å². The van der Waals surface area contributed by atoms with Gasteiger partial charge in [0.15, 0.2) is 0 Å². The first-order valence-electron chi connectivity index (χ1n) is 6.12.